The predicted molar refractivity (Wildman–Crippen MR) is 94.3 cm³/mol. The van der Waals surface area contributed by atoms with Gasteiger partial charge in [0.2, 0.25) is 0 Å². The van der Waals surface area contributed by atoms with Gasteiger partial charge in [-0.3, -0.25) is 0 Å². The van der Waals surface area contributed by atoms with Crippen molar-refractivity contribution in [3.63, 3.8) is 0 Å². The minimum absolute atomic E-state index is 0.246. The van der Waals surface area contributed by atoms with Crippen molar-refractivity contribution in [2.75, 3.05) is 13.2 Å². The van der Waals surface area contributed by atoms with E-state index in [0.717, 1.165) is 32.3 Å². The van der Waals surface area contributed by atoms with Gasteiger partial charge < -0.3 is 9.47 Å². The van der Waals surface area contributed by atoms with E-state index in [0.29, 0.717) is 12.2 Å². The third-order valence-corrected chi connectivity index (χ3v) is 9.06. The van der Waals surface area contributed by atoms with Crippen LogP contribution >= 0.6 is 0 Å². The first-order valence-electron chi connectivity index (χ1n) is 8.21. The van der Waals surface area contributed by atoms with E-state index < -0.39 is 22.1 Å². The first-order chi connectivity index (χ1) is 9.71. The highest BCUT2D eigenvalue weighted by Gasteiger charge is 2.50. The lowest BCUT2D eigenvalue weighted by Gasteiger charge is -2.46. The molecular formula is C16H32O3Si2. The molecule has 0 aromatic heterocycles. The maximum absolute atomic E-state index is 12.4. The van der Waals surface area contributed by atoms with Crippen LogP contribution in [0.2, 0.25) is 38.8 Å². The molecule has 0 aromatic carbocycles. The van der Waals surface area contributed by atoms with Gasteiger partial charge in [-0.1, -0.05) is 45.4 Å². The third-order valence-electron chi connectivity index (χ3n) is 4.38. The molecule has 0 aliphatic carbocycles. The van der Waals surface area contributed by atoms with Crippen molar-refractivity contribution in [2.45, 2.75) is 69.7 Å². The number of carbonyl (C=O) groups is 1. The van der Waals surface area contributed by atoms with Crippen LogP contribution in [0.4, 0.5) is 0 Å². The summed E-state index contributed by atoms with van der Waals surface area (Å²) in [7, 11) is -2.27. The summed E-state index contributed by atoms with van der Waals surface area (Å²) in [5.74, 6) is -0.246. The van der Waals surface area contributed by atoms with Gasteiger partial charge in [0, 0.05) is 15.4 Å². The van der Waals surface area contributed by atoms with Crippen LogP contribution in [0.5, 0.6) is 0 Å². The maximum atomic E-state index is 12.4. The normalized spacial score (nSPS) is 23.1. The minimum atomic E-state index is -1.71. The molecule has 5 heteroatoms. The molecule has 1 saturated heterocycles. The van der Waals surface area contributed by atoms with Gasteiger partial charge in [-0.25, -0.2) is 4.79 Å². The minimum Gasteiger partial charge on any atom is -0.462 e. The van der Waals surface area contributed by atoms with Gasteiger partial charge in [0.1, 0.15) is 0 Å². The molecule has 0 saturated carbocycles. The van der Waals surface area contributed by atoms with E-state index in [1.807, 2.05) is 0 Å². The Morgan fingerprint density at radius 2 is 2.00 bits per heavy atom. The topological polar surface area (TPSA) is 35.5 Å². The summed E-state index contributed by atoms with van der Waals surface area (Å²) in [4.78, 5) is 12.4. The predicted octanol–water partition coefficient (Wildman–Crippen LogP) is 3.78. The Bertz CT molecular complexity index is 366. The van der Waals surface area contributed by atoms with Crippen LogP contribution in [0.3, 0.4) is 0 Å². The molecule has 1 unspecified atom stereocenters. The van der Waals surface area contributed by atoms with E-state index in [9.17, 15) is 4.79 Å². The third kappa shape index (κ3) is 4.79. The zero-order valence-electron chi connectivity index (χ0n) is 14.5. The summed E-state index contributed by atoms with van der Waals surface area (Å²) < 4.78 is 11.6. The fourth-order valence-electron chi connectivity index (χ4n) is 2.99. The van der Waals surface area contributed by atoms with Gasteiger partial charge in [-0.2, -0.15) is 0 Å². The van der Waals surface area contributed by atoms with E-state index in [4.69, 9.17) is 9.47 Å². The van der Waals surface area contributed by atoms with Gasteiger partial charge in [-0.15, -0.1) is 0 Å². The second kappa shape index (κ2) is 7.74. The average molecular weight is 329 g/mol. The molecule has 1 aliphatic rings. The number of hydrogen-bond acceptors (Lipinski definition) is 3. The highest BCUT2D eigenvalue weighted by molar-refractivity contribution is 6.80. The number of ether oxygens (including phenoxy) is 2. The fraction of sp³-hybridized carbons (Fsp3) is 0.812. The molecule has 1 fully saturated rings. The molecule has 0 N–H and O–H groups in total. The van der Waals surface area contributed by atoms with Crippen LogP contribution in [0.25, 0.3) is 0 Å². The zero-order valence-corrected chi connectivity index (χ0v) is 16.6. The average Bonchev–Trinajstić information content (AvgIpc) is 2.42. The van der Waals surface area contributed by atoms with Crippen molar-refractivity contribution in [1.82, 2.24) is 0 Å². The Kier molecular flexibility index (Phi) is 6.88. The number of carbonyl (C=O) groups excluding carboxylic acids is 1. The van der Waals surface area contributed by atoms with E-state index in [1.54, 1.807) is 0 Å². The Morgan fingerprint density at radius 1 is 1.33 bits per heavy atom. The van der Waals surface area contributed by atoms with Crippen molar-refractivity contribution in [2.24, 2.45) is 0 Å². The molecule has 1 heterocycles. The lowest BCUT2D eigenvalue weighted by Crippen LogP contribution is -2.58. The van der Waals surface area contributed by atoms with Gasteiger partial charge in [0.05, 0.1) is 25.5 Å². The van der Waals surface area contributed by atoms with Gasteiger partial charge in [0.15, 0.2) is 0 Å². The summed E-state index contributed by atoms with van der Waals surface area (Å²) in [6.07, 6.45) is 4.07. The van der Waals surface area contributed by atoms with Crippen molar-refractivity contribution in [3.05, 3.63) is 12.2 Å². The van der Waals surface area contributed by atoms with Crippen molar-refractivity contribution < 1.29 is 14.3 Å². The van der Waals surface area contributed by atoms with E-state index >= 15 is 0 Å². The lowest BCUT2D eigenvalue weighted by atomic mass is 10.0. The summed E-state index contributed by atoms with van der Waals surface area (Å²) in [5, 5.41) is -0.435. The first-order valence-corrected chi connectivity index (χ1v) is 14.8. The molecule has 122 valence electrons. The van der Waals surface area contributed by atoms with E-state index in [2.05, 4.69) is 39.3 Å². The summed E-state index contributed by atoms with van der Waals surface area (Å²) in [6.45, 7) is 16.7. The highest BCUT2D eigenvalue weighted by atomic mass is 28.3. The summed E-state index contributed by atoms with van der Waals surface area (Å²) in [5.41, 5.74) is 0.558. The number of rotatable bonds is 7. The molecule has 0 radical (unpaired) electrons. The van der Waals surface area contributed by atoms with Crippen LogP contribution in [0.15, 0.2) is 12.2 Å². The van der Waals surface area contributed by atoms with Crippen LogP contribution in [0.1, 0.15) is 25.7 Å². The van der Waals surface area contributed by atoms with Crippen LogP contribution < -0.4 is 0 Å². The van der Waals surface area contributed by atoms with E-state index in [-0.39, 0.29) is 5.97 Å². The molecule has 0 aromatic rings. The standard InChI is InChI=1S/C16H32O3Si2/c1-14(15(17)18-11-9-13-20(2)3)16(21(4,5)6)10-7-8-12-19-16/h20H,1,7-13H2,2-6H3. The monoisotopic (exact) mass is 328 g/mol. The van der Waals surface area contributed by atoms with Gasteiger partial charge in [-0.05, 0) is 25.7 Å². The Hall–Kier alpha value is -0.396. The van der Waals surface area contributed by atoms with Crippen molar-refractivity contribution >= 4 is 22.8 Å². The lowest BCUT2D eigenvalue weighted by molar-refractivity contribution is -0.142. The highest BCUT2D eigenvalue weighted by Crippen LogP contribution is 2.39. The second-order valence-corrected chi connectivity index (χ2v) is 16.2. The molecule has 3 nitrogen and oxygen atoms in total. The van der Waals surface area contributed by atoms with Crippen LogP contribution in [0, 0.1) is 0 Å². The van der Waals surface area contributed by atoms with E-state index in [1.165, 1.54) is 6.04 Å². The van der Waals surface area contributed by atoms with Gasteiger partial charge in [0.25, 0.3) is 0 Å². The Labute approximate surface area is 132 Å². The molecule has 1 rings (SSSR count). The first kappa shape index (κ1) is 18.7. The SMILES string of the molecule is C=C(C(=O)OCCC[SiH](C)C)C1([Si](C)(C)C)CCCCO1. The van der Waals surface area contributed by atoms with Crippen molar-refractivity contribution in [3.8, 4) is 0 Å². The number of esters is 1. The molecule has 1 atom stereocenters. The Balaban J connectivity index is 2.66. The smallest absolute Gasteiger partial charge is 0.336 e. The molecule has 0 bridgehead atoms. The largest absolute Gasteiger partial charge is 0.462 e. The van der Waals surface area contributed by atoms with Crippen LogP contribution in [-0.4, -0.2) is 41.3 Å². The molecule has 21 heavy (non-hydrogen) atoms. The summed E-state index contributed by atoms with van der Waals surface area (Å²) >= 11 is 0. The van der Waals surface area contributed by atoms with Crippen LogP contribution in [-0.2, 0) is 14.3 Å². The molecule has 1 aliphatic heterocycles. The zero-order chi connectivity index (χ0) is 16.1. The van der Waals surface area contributed by atoms with Crippen molar-refractivity contribution in [1.29, 1.82) is 0 Å². The molecular weight excluding hydrogens is 296 g/mol. The van der Waals surface area contributed by atoms with Gasteiger partial charge >= 0.3 is 5.97 Å². The maximum Gasteiger partial charge on any atom is 0.336 e. The fourth-order valence-corrected chi connectivity index (χ4v) is 6.44. The summed E-state index contributed by atoms with van der Waals surface area (Å²) in [6, 6.07) is 1.22. The molecule has 0 spiro atoms. The Morgan fingerprint density at radius 3 is 2.48 bits per heavy atom. The molecule has 0 amide bonds. The second-order valence-electron chi connectivity index (χ2n) is 7.53. The number of hydrogen-bond donors (Lipinski definition) is 0. The quantitative estimate of drug-likeness (QED) is 0.309.